The molecule has 2 atom stereocenters. The number of rotatable bonds is 5. The molecule has 8 nitrogen and oxygen atoms in total. The van der Waals surface area contributed by atoms with E-state index in [1.807, 2.05) is 0 Å². The van der Waals surface area contributed by atoms with E-state index in [2.05, 4.69) is 0 Å². The third kappa shape index (κ3) is 3.64. The van der Waals surface area contributed by atoms with Gasteiger partial charge in [0.2, 0.25) is 10.0 Å². The number of hydrogen-bond donors (Lipinski definition) is 1. The van der Waals surface area contributed by atoms with Gasteiger partial charge in [-0.15, -0.1) is 0 Å². The molecular formula is C8H15NO7S2. The van der Waals surface area contributed by atoms with E-state index < -0.39 is 43.1 Å². The van der Waals surface area contributed by atoms with Crippen molar-refractivity contribution in [2.75, 3.05) is 25.0 Å². The van der Waals surface area contributed by atoms with E-state index >= 15 is 0 Å². The lowest BCUT2D eigenvalue weighted by Crippen LogP contribution is -2.42. The van der Waals surface area contributed by atoms with Crippen molar-refractivity contribution in [2.24, 2.45) is 0 Å². The molecule has 1 rings (SSSR count). The highest BCUT2D eigenvalue weighted by Gasteiger charge is 2.44. The van der Waals surface area contributed by atoms with Gasteiger partial charge in [0, 0.05) is 26.3 Å². The highest BCUT2D eigenvalue weighted by molar-refractivity contribution is 8.06. The van der Waals surface area contributed by atoms with Gasteiger partial charge in [0.05, 0.1) is 6.10 Å². The van der Waals surface area contributed by atoms with Crippen molar-refractivity contribution in [3.63, 3.8) is 0 Å². The monoisotopic (exact) mass is 301 g/mol. The molecule has 0 saturated carbocycles. The largest absolute Gasteiger partial charge is 0.480 e. The highest BCUT2D eigenvalue weighted by atomic mass is 32.3. The molecule has 1 N–H and O–H groups in total. The number of nitrogens with zero attached hydrogens (tertiary/aromatic N) is 1. The van der Waals surface area contributed by atoms with Crippen molar-refractivity contribution in [1.82, 2.24) is 4.31 Å². The molecule has 1 heterocycles. The van der Waals surface area contributed by atoms with Gasteiger partial charge in [-0.1, -0.05) is 0 Å². The third-order valence-corrected chi connectivity index (χ3v) is 6.58. The zero-order valence-corrected chi connectivity index (χ0v) is 11.6. The average Bonchev–Trinajstić information content (AvgIpc) is 2.57. The predicted molar refractivity (Wildman–Crippen MR) is 62.2 cm³/mol. The van der Waals surface area contributed by atoms with Crippen molar-refractivity contribution in [3.05, 3.63) is 0 Å². The lowest BCUT2D eigenvalue weighted by molar-refractivity contribution is -0.140. The van der Waals surface area contributed by atoms with Crippen LogP contribution >= 0.6 is 0 Å². The van der Waals surface area contributed by atoms with E-state index in [1.54, 1.807) is 0 Å². The molecule has 1 aliphatic rings. The SMILES string of the molecule is COC1CC(C(=O)O)N(S(=O)(=O)CS(C)(=O)=O)C1. The number of hydrogen-bond acceptors (Lipinski definition) is 6. The molecule has 0 spiro atoms. The van der Waals surface area contributed by atoms with Crippen LogP contribution in [0.4, 0.5) is 0 Å². The maximum Gasteiger partial charge on any atom is 0.322 e. The molecule has 0 aromatic carbocycles. The lowest BCUT2D eigenvalue weighted by Gasteiger charge is -2.19. The molecule has 1 saturated heterocycles. The first-order valence-electron chi connectivity index (χ1n) is 4.99. The van der Waals surface area contributed by atoms with Gasteiger partial charge in [0.1, 0.15) is 6.04 Å². The Labute approximate surface area is 106 Å². The van der Waals surface area contributed by atoms with Crippen molar-refractivity contribution in [2.45, 2.75) is 18.6 Å². The van der Waals surface area contributed by atoms with E-state index in [4.69, 9.17) is 9.84 Å². The highest BCUT2D eigenvalue weighted by Crippen LogP contribution is 2.24. The number of sulfone groups is 1. The van der Waals surface area contributed by atoms with E-state index in [9.17, 15) is 21.6 Å². The maximum atomic E-state index is 11.9. The van der Waals surface area contributed by atoms with Gasteiger partial charge >= 0.3 is 5.97 Å². The van der Waals surface area contributed by atoms with Crippen molar-refractivity contribution in [1.29, 1.82) is 0 Å². The summed E-state index contributed by atoms with van der Waals surface area (Å²) >= 11 is 0. The van der Waals surface area contributed by atoms with Gasteiger partial charge in [0.25, 0.3) is 0 Å². The summed E-state index contributed by atoms with van der Waals surface area (Å²) in [5.74, 6) is -1.31. The van der Waals surface area contributed by atoms with Gasteiger partial charge in [-0.05, 0) is 0 Å². The fraction of sp³-hybridized carbons (Fsp3) is 0.875. The van der Waals surface area contributed by atoms with Gasteiger partial charge in [-0.25, -0.2) is 16.8 Å². The lowest BCUT2D eigenvalue weighted by atomic mass is 10.2. The molecule has 0 aliphatic carbocycles. The zero-order chi connectivity index (χ0) is 14.1. The molecule has 106 valence electrons. The summed E-state index contributed by atoms with van der Waals surface area (Å²) in [5.41, 5.74) is 0. The van der Waals surface area contributed by atoms with Crippen LogP contribution in [0.15, 0.2) is 0 Å². The van der Waals surface area contributed by atoms with Gasteiger partial charge in [-0.2, -0.15) is 4.31 Å². The Morgan fingerprint density at radius 2 is 1.94 bits per heavy atom. The molecule has 0 radical (unpaired) electrons. The Hall–Kier alpha value is -0.710. The molecule has 10 heteroatoms. The minimum atomic E-state index is -4.17. The molecule has 1 fully saturated rings. The molecular weight excluding hydrogens is 286 g/mol. The molecule has 0 aromatic rings. The van der Waals surface area contributed by atoms with E-state index in [0.717, 1.165) is 6.26 Å². The Bertz CT molecular complexity index is 524. The number of methoxy groups -OCH3 is 1. The minimum Gasteiger partial charge on any atom is -0.480 e. The summed E-state index contributed by atoms with van der Waals surface area (Å²) in [4.78, 5) is 11.0. The summed E-state index contributed by atoms with van der Waals surface area (Å²) in [6.07, 6.45) is 0.249. The second-order valence-corrected chi connectivity index (χ2v) is 8.60. The van der Waals surface area contributed by atoms with E-state index in [0.29, 0.717) is 4.31 Å². The summed E-state index contributed by atoms with van der Waals surface area (Å²) in [6.45, 7) is -0.147. The molecule has 0 bridgehead atoms. The number of carboxylic acids is 1. The van der Waals surface area contributed by atoms with Crippen LogP contribution in [0.1, 0.15) is 6.42 Å². The standard InChI is InChI=1S/C8H15NO7S2/c1-16-6-3-7(8(10)11)9(4-6)18(14,15)5-17(2,12)13/h6-7H,3-5H2,1-2H3,(H,10,11). The predicted octanol–water partition coefficient (Wildman–Crippen LogP) is -1.51. The molecule has 0 amide bonds. The number of ether oxygens (including phenoxy) is 1. The average molecular weight is 301 g/mol. The van der Waals surface area contributed by atoms with Gasteiger partial charge < -0.3 is 9.84 Å². The summed E-state index contributed by atoms with van der Waals surface area (Å²) in [5, 5.41) is 7.85. The fourth-order valence-corrected chi connectivity index (χ4v) is 5.47. The Balaban J connectivity index is 3.02. The molecule has 18 heavy (non-hydrogen) atoms. The first kappa shape index (κ1) is 15.3. The Morgan fingerprint density at radius 3 is 2.33 bits per heavy atom. The van der Waals surface area contributed by atoms with Crippen LogP contribution in [0.5, 0.6) is 0 Å². The smallest absolute Gasteiger partial charge is 0.322 e. The number of aliphatic carboxylic acids is 1. The van der Waals surface area contributed by atoms with Crippen LogP contribution < -0.4 is 0 Å². The Kier molecular flexibility index (Phi) is 4.36. The first-order chi connectivity index (χ1) is 8.07. The first-order valence-corrected chi connectivity index (χ1v) is 8.66. The number of carboxylic acid groups (broad SMARTS) is 1. The van der Waals surface area contributed by atoms with Crippen LogP contribution in [0.25, 0.3) is 0 Å². The second kappa shape index (κ2) is 5.11. The van der Waals surface area contributed by atoms with Crippen LogP contribution in [0.3, 0.4) is 0 Å². The van der Waals surface area contributed by atoms with Gasteiger partial charge in [0.15, 0.2) is 14.9 Å². The minimum absolute atomic E-state index is 0.00876. The summed E-state index contributed by atoms with van der Waals surface area (Å²) in [6, 6.07) is -1.28. The quantitative estimate of drug-likeness (QED) is 0.656. The van der Waals surface area contributed by atoms with Gasteiger partial charge in [-0.3, -0.25) is 4.79 Å². The molecule has 0 aromatic heterocycles. The van der Waals surface area contributed by atoms with Crippen molar-refractivity contribution >= 4 is 25.8 Å². The van der Waals surface area contributed by atoms with Crippen molar-refractivity contribution in [3.8, 4) is 0 Å². The molecule has 2 unspecified atom stereocenters. The number of carbonyl (C=O) groups is 1. The Morgan fingerprint density at radius 1 is 1.39 bits per heavy atom. The van der Waals surface area contributed by atoms with Crippen LogP contribution in [-0.4, -0.2) is 69.4 Å². The van der Waals surface area contributed by atoms with E-state index in [-0.39, 0.29) is 13.0 Å². The fourth-order valence-electron chi connectivity index (χ4n) is 1.81. The zero-order valence-electron chi connectivity index (χ0n) is 9.94. The number of sulfonamides is 1. The van der Waals surface area contributed by atoms with Crippen molar-refractivity contribution < 1.29 is 31.5 Å². The summed E-state index contributed by atoms with van der Waals surface area (Å²) in [7, 11) is -6.58. The molecule has 1 aliphatic heterocycles. The normalized spacial score (nSPS) is 26.3. The maximum absolute atomic E-state index is 11.9. The van der Waals surface area contributed by atoms with E-state index in [1.165, 1.54) is 7.11 Å². The second-order valence-electron chi connectivity index (χ2n) is 4.17. The van der Waals surface area contributed by atoms with Crippen LogP contribution in [0.2, 0.25) is 0 Å². The third-order valence-electron chi connectivity index (χ3n) is 2.56. The topological polar surface area (TPSA) is 118 Å². The summed E-state index contributed by atoms with van der Waals surface area (Å²) < 4.78 is 51.4. The van der Waals surface area contributed by atoms with Crippen LogP contribution in [0, 0.1) is 0 Å². The van der Waals surface area contributed by atoms with Crippen LogP contribution in [-0.2, 0) is 29.4 Å².